The Labute approximate surface area is 138 Å². The maximum absolute atomic E-state index is 12.4. The second-order valence-corrected chi connectivity index (χ2v) is 6.88. The van der Waals surface area contributed by atoms with Gasteiger partial charge in [-0.2, -0.15) is 5.26 Å². The molecule has 0 aromatic heterocycles. The zero-order valence-electron chi connectivity index (χ0n) is 12.6. The molecule has 2 aromatic rings. The van der Waals surface area contributed by atoms with Gasteiger partial charge in [0.15, 0.2) is 6.10 Å². The Morgan fingerprint density at radius 1 is 1.21 bits per heavy atom. The van der Waals surface area contributed by atoms with E-state index in [-0.39, 0.29) is 16.5 Å². The van der Waals surface area contributed by atoms with E-state index in [2.05, 4.69) is 10.0 Å². The lowest BCUT2D eigenvalue weighted by Gasteiger charge is -2.23. The quantitative estimate of drug-likeness (QED) is 0.887. The Bertz CT molecular complexity index is 946. The summed E-state index contributed by atoms with van der Waals surface area (Å²) in [6, 6.07) is 12.1. The number of sulfonamides is 1. The van der Waals surface area contributed by atoms with Crippen molar-refractivity contribution < 1.29 is 17.9 Å². The highest BCUT2D eigenvalue weighted by Gasteiger charge is 2.24. The molecule has 0 bridgehead atoms. The first kappa shape index (κ1) is 15.8. The van der Waals surface area contributed by atoms with Crippen molar-refractivity contribution in [1.29, 1.82) is 5.26 Å². The van der Waals surface area contributed by atoms with E-state index in [0.717, 1.165) is 0 Å². The van der Waals surface area contributed by atoms with E-state index in [1.165, 1.54) is 30.3 Å². The van der Waals surface area contributed by atoms with Crippen molar-refractivity contribution >= 4 is 27.3 Å². The van der Waals surface area contributed by atoms with E-state index >= 15 is 0 Å². The van der Waals surface area contributed by atoms with Crippen molar-refractivity contribution in [1.82, 2.24) is 0 Å². The van der Waals surface area contributed by atoms with Crippen molar-refractivity contribution in [3.63, 3.8) is 0 Å². The summed E-state index contributed by atoms with van der Waals surface area (Å²) in [5.41, 5.74) is 1.06. The Hall–Kier alpha value is -3.05. The average Bonchev–Trinajstić information content (AvgIpc) is 2.56. The fourth-order valence-corrected chi connectivity index (χ4v) is 3.24. The van der Waals surface area contributed by atoms with Gasteiger partial charge in [0.05, 0.1) is 27.9 Å². The largest absolute Gasteiger partial charge is 0.479 e. The van der Waals surface area contributed by atoms with Crippen LogP contribution in [0, 0.1) is 11.3 Å². The second-order valence-electron chi connectivity index (χ2n) is 5.20. The smallest absolute Gasteiger partial charge is 0.265 e. The van der Waals surface area contributed by atoms with Crippen LogP contribution in [0.2, 0.25) is 0 Å². The first-order valence-corrected chi connectivity index (χ1v) is 8.52. The number of nitrogens with one attached hydrogen (secondary N) is 2. The van der Waals surface area contributed by atoms with Crippen LogP contribution in [-0.2, 0) is 14.8 Å². The van der Waals surface area contributed by atoms with E-state index in [1.807, 2.05) is 6.07 Å². The van der Waals surface area contributed by atoms with E-state index in [4.69, 9.17) is 10.00 Å². The molecular formula is C16H13N3O4S. The Morgan fingerprint density at radius 3 is 2.58 bits per heavy atom. The number of ether oxygens (including phenoxy) is 1. The number of nitrogens with zero attached hydrogens (tertiary/aromatic N) is 1. The number of rotatable bonds is 3. The number of carbonyl (C=O) groups excluding carboxylic acids is 1. The molecule has 8 heteroatoms. The van der Waals surface area contributed by atoms with E-state index in [9.17, 15) is 13.2 Å². The average molecular weight is 343 g/mol. The van der Waals surface area contributed by atoms with Gasteiger partial charge in [-0.3, -0.25) is 9.52 Å². The molecule has 0 saturated heterocycles. The van der Waals surface area contributed by atoms with Crippen molar-refractivity contribution in [2.45, 2.75) is 17.9 Å². The van der Waals surface area contributed by atoms with Gasteiger partial charge in [-0.05, 0) is 49.4 Å². The maximum atomic E-state index is 12.4. The molecule has 0 radical (unpaired) electrons. The summed E-state index contributed by atoms with van der Waals surface area (Å²) in [6.07, 6.45) is -0.598. The minimum absolute atomic E-state index is 0.0353. The highest BCUT2D eigenvalue weighted by Crippen LogP contribution is 2.32. The van der Waals surface area contributed by atoms with Gasteiger partial charge in [-0.25, -0.2) is 8.42 Å². The number of nitriles is 1. The highest BCUT2D eigenvalue weighted by molar-refractivity contribution is 7.92. The molecule has 0 saturated carbocycles. The molecule has 24 heavy (non-hydrogen) atoms. The standard InChI is InChI=1S/C16H13N3O4S/c1-10-16(20)18-14-8-12(4-7-15(14)23-10)19-24(21,22)13-5-2-11(9-17)3-6-13/h2-8,10,19H,1H3,(H,18,20)/t10-/m0/s1. The predicted molar refractivity (Wildman–Crippen MR) is 87.1 cm³/mol. The number of benzene rings is 2. The van der Waals surface area contributed by atoms with Crippen LogP contribution < -0.4 is 14.8 Å². The Morgan fingerprint density at radius 2 is 1.92 bits per heavy atom. The van der Waals surface area contributed by atoms with Crippen LogP contribution in [0.25, 0.3) is 0 Å². The van der Waals surface area contributed by atoms with Crippen molar-refractivity contribution in [3.05, 3.63) is 48.0 Å². The van der Waals surface area contributed by atoms with Gasteiger partial charge in [-0.15, -0.1) is 0 Å². The summed E-state index contributed by atoms with van der Waals surface area (Å²) >= 11 is 0. The summed E-state index contributed by atoms with van der Waals surface area (Å²) in [7, 11) is -3.80. The van der Waals surface area contributed by atoms with Gasteiger partial charge in [0.2, 0.25) is 0 Å². The van der Waals surface area contributed by atoms with Crippen LogP contribution in [0.3, 0.4) is 0 Å². The molecule has 1 atom stereocenters. The summed E-state index contributed by atoms with van der Waals surface area (Å²) < 4.78 is 32.6. The predicted octanol–water partition coefficient (Wildman–Crippen LogP) is 2.08. The number of fused-ring (bicyclic) bond motifs is 1. The third-order valence-corrected chi connectivity index (χ3v) is 4.85. The topological polar surface area (TPSA) is 108 Å². The fourth-order valence-electron chi connectivity index (χ4n) is 2.19. The van der Waals surface area contributed by atoms with Crippen LogP contribution in [-0.4, -0.2) is 20.4 Å². The molecule has 7 nitrogen and oxygen atoms in total. The Kier molecular flexibility index (Phi) is 3.87. The minimum atomic E-state index is -3.80. The molecule has 122 valence electrons. The lowest BCUT2D eigenvalue weighted by Crippen LogP contribution is -2.34. The molecule has 3 rings (SSSR count). The van der Waals surface area contributed by atoms with E-state index in [1.54, 1.807) is 19.1 Å². The zero-order valence-corrected chi connectivity index (χ0v) is 13.4. The van der Waals surface area contributed by atoms with E-state index in [0.29, 0.717) is 17.0 Å². The van der Waals surface area contributed by atoms with Crippen LogP contribution in [0.15, 0.2) is 47.4 Å². The second kappa shape index (κ2) is 5.86. The van der Waals surface area contributed by atoms with Crippen molar-refractivity contribution in [2.75, 3.05) is 10.0 Å². The first-order chi connectivity index (χ1) is 11.4. The normalized spacial score (nSPS) is 16.3. The molecule has 0 unspecified atom stereocenters. The first-order valence-electron chi connectivity index (χ1n) is 7.03. The molecule has 0 fully saturated rings. The van der Waals surface area contributed by atoms with Gasteiger partial charge in [0, 0.05) is 0 Å². The summed E-state index contributed by atoms with van der Waals surface area (Å²) in [5, 5.41) is 11.4. The monoisotopic (exact) mass is 343 g/mol. The number of carbonyl (C=O) groups is 1. The number of hydrogen-bond donors (Lipinski definition) is 2. The zero-order chi connectivity index (χ0) is 17.3. The van der Waals surface area contributed by atoms with Crippen LogP contribution in [0.4, 0.5) is 11.4 Å². The number of amides is 1. The third kappa shape index (κ3) is 3.02. The maximum Gasteiger partial charge on any atom is 0.265 e. The van der Waals surface area contributed by atoms with Gasteiger partial charge in [0.1, 0.15) is 5.75 Å². The summed E-state index contributed by atoms with van der Waals surface area (Å²) in [5.74, 6) is 0.179. The molecule has 1 heterocycles. The molecule has 1 aliphatic heterocycles. The molecule has 0 aliphatic carbocycles. The van der Waals surface area contributed by atoms with E-state index < -0.39 is 16.1 Å². The molecular weight excluding hydrogens is 330 g/mol. The third-order valence-electron chi connectivity index (χ3n) is 3.46. The van der Waals surface area contributed by atoms with Crippen LogP contribution in [0.1, 0.15) is 12.5 Å². The summed E-state index contributed by atoms with van der Waals surface area (Å²) in [4.78, 5) is 11.7. The molecule has 2 aromatic carbocycles. The number of anilines is 2. The lowest BCUT2D eigenvalue weighted by molar-refractivity contribution is -0.122. The van der Waals surface area contributed by atoms with Crippen molar-refractivity contribution in [3.8, 4) is 11.8 Å². The van der Waals surface area contributed by atoms with Crippen molar-refractivity contribution in [2.24, 2.45) is 0 Å². The molecule has 1 amide bonds. The molecule has 2 N–H and O–H groups in total. The minimum Gasteiger partial charge on any atom is -0.479 e. The van der Waals surface area contributed by atoms with Gasteiger partial charge >= 0.3 is 0 Å². The van der Waals surface area contributed by atoms with Gasteiger partial charge in [0.25, 0.3) is 15.9 Å². The molecule has 0 spiro atoms. The van der Waals surface area contributed by atoms with Crippen LogP contribution in [0.5, 0.6) is 5.75 Å². The highest BCUT2D eigenvalue weighted by atomic mass is 32.2. The van der Waals surface area contributed by atoms with Gasteiger partial charge in [-0.1, -0.05) is 0 Å². The summed E-state index contributed by atoms with van der Waals surface area (Å²) in [6.45, 7) is 1.62. The lowest BCUT2D eigenvalue weighted by atomic mass is 10.2. The Balaban J connectivity index is 1.86. The number of hydrogen-bond acceptors (Lipinski definition) is 5. The van der Waals surface area contributed by atoms with Crippen LogP contribution >= 0.6 is 0 Å². The molecule has 1 aliphatic rings. The van der Waals surface area contributed by atoms with Gasteiger partial charge < -0.3 is 10.1 Å². The fraction of sp³-hybridized carbons (Fsp3) is 0.125. The SMILES string of the molecule is C[C@@H]1Oc2ccc(NS(=O)(=O)c3ccc(C#N)cc3)cc2NC1=O.